The number of aromatic nitrogens is 1. The van der Waals surface area contributed by atoms with E-state index in [2.05, 4.69) is 21.2 Å². The minimum Gasteiger partial charge on any atom is -0.350 e. The fraction of sp³-hybridized carbons (Fsp3) is 0.375. The molecule has 0 aliphatic heterocycles. The monoisotopic (exact) mass is 231 g/mol. The molecule has 1 aromatic rings. The van der Waals surface area contributed by atoms with Crippen molar-refractivity contribution >= 4 is 21.7 Å². The molecule has 4 heteroatoms. The van der Waals surface area contributed by atoms with Crippen LogP contribution in [0.2, 0.25) is 0 Å². The first-order chi connectivity index (χ1) is 5.84. The summed E-state index contributed by atoms with van der Waals surface area (Å²) in [5.74, 6) is 0.721. The molecule has 1 aromatic heterocycles. The summed E-state index contributed by atoms with van der Waals surface area (Å²) in [4.78, 5) is 0. The van der Waals surface area contributed by atoms with Gasteiger partial charge in [-0.3, -0.25) is 5.32 Å². The van der Waals surface area contributed by atoms with Gasteiger partial charge in [0.15, 0.2) is 0 Å². The second kappa shape index (κ2) is 4.98. The first kappa shape index (κ1) is 9.32. The van der Waals surface area contributed by atoms with E-state index in [0.717, 1.165) is 28.8 Å². The van der Waals surface area contributed by atoms with Crippen molar-refractivity contribution in [3.05, 3.63) is 24.4 Å². The van der Waals surface area contributed by atoms with Crippen LogP contribution in [0.4, 0.5) is 5.82 Å². The van der Waals surface area contributed by atoms with Crippen LogP contribution < -0.4 is 10.0 Å². The molecule has 0 spiro atoms. The molecular weight excluding hydrogens is 220 g/mol. The first-order valence-corrected chi connectivity index (χ1v) is 4.96. The topological polar surface area (TPSA) is 36.1 Å². The highest BCUT2D eigenvalue weighted by Crippen LogP contribution is 1.97. The summed E-state index contributed by atoms with van der Waals surface area (Å²) < 4.78 is 1.08. The van der Waals surface area contributed by atoms with Crippen molar-refractivity contribution in [1.82, 2.24) is 0 Å². The maximum absolute atomic E-state index is 9.25. The average Bonchev–Trinajstić information content (AvgIpc) is 2.09. The summed E-state index contributed by atoms with van der Waals surface area (Å²) in [7, 11) is 0. The van der Waals surface area contributed by atoms with Crippen LogP contribution >= 0.6 is 15.9 Å². The maximum Gasteiger partial charge on any atom is 0.313 e. The number of nitrogens with zero attached hydrogens (tertiary/aromatic N) is 1. The quantitative estimate of drug-likeness (QED) is 0.356. The molecule has 1 rings (SSSR count). The molecule has 3 nitrogen and oxygen atoms in total. The van der Waals surface area contributed by atoms with Gasteiger partial charge in [0.05, 0.1) is 6.54 Å². The van der Waals surface area contributed by atoms with Crippen molar-refractivity contribution in [3.63, 3.8) is 0 Å². The summed E-state index contributed by atoms with van der Waals surface area (Å²) >= 11 is 3.33. The van der Waals surface area contributed by atoms with Crippen molar-refractivity contribution < 1.29 is 9.94 Å². The third kappa shape index (κ3) is 2.70. The Balaban J connectivity index is 2.46. The van der Waals surface area contributed by atoms with Gasteiger partial charge in [-0.1, -0.05) is 26.7 Å². The average molecular weight is 232 g/mol. The van der Waals surface area contributed by atoms with Crippen LogP contribution in [0, 0.1) is 0 Å². The Morgan fingerprint density at radius 1 is 1.50 bits per heavy atom. The lowest BCUT2D eigenvalue weighted by Crippen LogP contribution is -2.33. The molecule has 1 heterocycles. The molecule has 0 fully saturated rings. The number of pyridine rings is 1. The Morgan fingerprint density at radius 2 is 2.33 bits per heavy atom. The van der Waals surface area contributed by atoms with E-state index in [9.17, 15) is 5.21 Å². The molecule has 0 saturated carbocycles. The van der Waals surface area contributed by atoms with Crippen LogP contribution in [-0.4, -0.2) is 17.1 Å². The molecule has 0 radical (unpaired) electrons. The SMILES string of the molecule is O[n+]1ccccc1NCCCBr. The normalized spacial score (nSPS) is 9.75. The Kier molecular flexibility index (Phi) is 3.87. The molecule has 0 atom stereocenters. The Bertz CT molecular complexity index is 242. The molecule has 12 heavy (non-hydrogen) atoms. The van der Waals surface area contributed by atoms with E-state index in [1.54, 1.807) is 12.3 Å². The second-order valence-electron chi connectivity index (χ2n) is 2.40. The van der Waals surface area contributed by atoms with Crippen LogP contribution in [0.3, 0.4) is 0 Å². The van der Waals surface area contributed by atoms with Gasteiger partial charge in [-0.05, 0) is 12.5 Å². The maximum atomic E-state index is 9.25. The Labute approximate surface area is 80.1 Å². The van der Waals surface area contributed by atoms with Crippen molar-refractivity contribution in [2.45, 2.75) is 6.42 Å². The van der Waals surface area contributed by atoms with E-state index >= 15 is 0 Å². The molecular formula is C8H12BrN2O+. The molecule has 0 aliphatic carbocycles. The highest BCUT2D eigenvalue weighted by molar-refractivity contribution is 9.09. The predicted molar refractivity (Wildman–Crippen MR) is 50.7 cm³/mol. The van der Waals surface area contributed by atoms with Gasteiger partial charge in [-0.15, -0.1) is 0 Å². The predicted octanol–water partition coefficient (Wildman–Crippen LogP) is 1.41. The first-order valence-electron chi connectivity index (χ1n) is 3.84. The van der Waals surface area contributed by atoms with Crippen LogP contribution in [-0.2, 0) is 0 Å². The second-order valence-corrected chi connectivity index (χ2v) is 3.19. The number of alkyl halides is 1. The molecule has 2 N–H and O–H groups in total. The van der Waals surface area contributed by atoms with E-state index < -0.39 is 0 Å². The lowest BCUT2D eigenvalue weighted by atomic mass is 10.4. The largest absolute Gasteiger partial charge is 0.350 e. The van der Waals surface area contributed by atoms with Crippen LogP contribution in [0.25, 0.3) is 0 Å². The van der Waals surface area contributed by atoms with Gasteiger partial charge in [0.2, 0.25) is 0 Å². The molecule has 0 unspecified atom stereocenters. The third-order valence-corrected chi connectivity index (χ3v) is 2.02. The standard InChI is InChI=1S/C8H11BrN2O/c9-5-3-6-10-8-4-1-2-7-11(8)12/h1-2,4,7,12H,3,5-6H2/p+1. The van der Waals surface area contributed by atoms with Gasteiger partial charge < -0.3 is 5.21 Å². The van der Waals surface area contributed by atoms with Gasteiger partial charge >= 0.3 is 5.82 Å². The number of hydrogen-bond acceptors (Lipinski definition) is 2. The van der Waals surface area contributed by atoms with E-state index in [-0.39, 0.29) is 0 Å². The minimum absolute atomic E-state index is 0.721. The van der Waals surface area contributed by atoms with Crippen molar-refractivity contribution in [2.75, 3.05) is 17.2 Å². The molecule has 0 amide bonds. The van der Waals surface area contributed by atoms with Crippen LogP contribution in [0.5, 0.6) is 0 Å². The Morgan fingerprint density at radius 3 is 3.00 bits per heavy atom. The van der Waals surface area contributed by atoms with Gasteiger partial charge in [-0.2, -0.15) is 0 Å². The zero-order valence-electron chi connectivity index (χ0n) is 6.70. The minimum atomic E-state index is 0.721. The lowest BCUT2D eigenvalue weighted by molar-refractivity contribution is -0.893. The number of halogens is 1. The third-order valence-electron chi connectivity index (χ3n) is 1.46. The van der Waals surface area contributed by atoms with Crippen molar-refractivity contribution in [1.29, 1.82) is 0 Å². The number of nitrogens with one attached hydrogen (secondary N) is 1. The fourth-order valence-electron chi connectivity index (χ4n) is 0.858. The number of anilines is 1. The Hall–Kier alpha value is -0.770. The number of hydrogen-bond donors (Lipinski definition) is 2. The van der Waals surface area contributed by atoms with E-state index in [1.165, 1.54) is 0 Å². The van der Waals surface area contributed by atoms with Crippen molar-refractivity contribution in [3.8, 4) is 0 Å². The van der Waals surface area contributed by atoms with E-state index in [4.69, 9.17) is 0 Å². The van der Waals surface area contributed by atoms with Crippen molar-refractivity contribution in [2.24, 2.45) is 0 Å². The van der Waals surface area contributed by atoms with E-state index in [0.29, 0.717) is 0 Å². The molecule has 0 aromatic carbocycles. The zero-order chi connectivity index (χ0) is 8.81. The summed E-state index contributed by atoms with van der Waals surface area (Å²) in [6.45, 7) is 0.857. The highest BCUT2D eigenvalue weighted by atomic mass is 79.9. The van der Waals surface area contributed by atoms with Crippen LogP contribution in [0.1, 0.15) is 6.42 Å². The number of rotatable bonds is 4. The van der Waals surface area contributed by atoms with E-state index in [1.807, 2.05) is 12.1 Å². The zero-order valence-corrected chi connectivity index (χ0v) is 8.29. The smallest absolute Gasteiger partial charge is 0.313 e. The molecule has 66 valence electrons. The van der Waals surface area contributed by atoms with Gasteiger partial charge in [0.25, 0.3) is 0 Å². The summed E-state index contributed by atoms with van der Waals surface area (Å²) in [6.07, 6.45) is 2.63. The highest BCUT2D eigenvalue weighted by Gasteiger charge is 2.03. The fourth-order valence-corrected chi connectivity index (χ4v) is 1.14. The molecule has 0 bridgehead atoms. The molecule has 0 saturated heterocycles. The summed E-state index contributed by atoms with van der Waals surface area (Å²) in [5.41, 5.74) is 0. The molecule has 0 aliphatic rings. The van der Waals surface area contributed by atoms with Gasteiger partial charge in [0.1, 0.15) is 6.20 Å². The lowest BCUT2D eigenvalue weighted by Gasteiger charge is -1.98. The summed E-state index contributed by atoms with van der Waals surface area (Å²) in [6, 6.07) is 5.48. The van der Waals surface area contributed by atoms with Crippen LogP contribution in [0.15, 0.2) is 24.4 Å². The summed E-state index contributed by atoms with van der Waals surface area (Å²) in [5, 5.41) is 13.3. The van der Waals surface area contributed by atoms with Gasteiger partial charge in [0, 0.05) is 11.4 Å². The van der Waals surface area contributed by atoms with Gasteiger partial charge in [-0.25, -0.2) is 0 Å².